The number of hydrogen-bond donors (Lipinski definition) is 0. The van der Waals surface area contributed by atoms with Gasteiger partial charge in [0.05, 0.1) is 6.04 Å². The van der Waals surface area contributed by atoms with Crippen molar-refractivity contribution in [1.82, 2.24) is 4.90 Å². The second-order valence-corrected chi connectivity index (χ2v) is 7.27. The van der Waals surface area contributed by atoms with E-state index in [2.05, 4.69) is 25.7 Å². The Morgan fingerprint density at radius 2 is 1.73 bits per heavy atom. The van der Waals surface area contributed by atoms with Gasteiger partial charge >= 0.3 is 0 Å². The number of nitrogens with zero attached hydrogens (tertiary/aromatic N) is 1. The van der Waals surface area contributed by atoms with Gasteiger partial charge in [-0.25, -0.2) is 0 Å². The molecule has 1 heterocycles. The maximum absolute atomic E-state index is 12.3. The number of Topliss-reactive ketones (excluding diaryl/α,β-unsaturated/α-hetero) is 1. The lowest BCUT2D eigenvalue weighted by molar-refractivity contribution is -0.132. The Kier molecular flexibility index (Phi) is 3.56. The summed E-state index contributed by atoms with van der Waals surface area (Å²) in [4.78, 5) is 14.6. The van der Waals surface area contributed by atoms with E-state index in [0.717, 1.165) is 11.6 Å². The maximum atomic E-state index is 12.3. The molecule has 1 aliphatic rings. The van der Waals surface area contributed by atoms with E-state index >= 15 is 0 Å². The molecule has 0 N–H and O–H groups in total. The average Bonchev–Trinajstić information content (AvgIpc) is 2.47. The van der Waals surface area contributed by atoms with Crippen molar-refractivity contribution in [2.75, 3.05) is 11.6 Å². The molecule has 0 saturated carbocycles. The Morgan fingerprint density at radius 3 is 2.13 bits per heavy atom. The Hall–Kier alpha value is -0.0200. The van der Waals surface area contributed by atoms with Crippen LogP contribution in [0.25, 0.3) is 0 Å². The number of carbonyl (C=O) groups is 1. The first-order chi connectivity index (χ1) is 6.64. The van der Waals surface area contributed by atoms with Crippen LogP contribution in [-0.2, 0) is 4.79 Å². The summed E-state index contributed by atoms with van der Waals surface area (Å²) in [6, 6.07) is 0.106. The summed E-state index contributed by atoms with van der Waals surface area (Å²) in [5.41, 5.74) is -0.131. The zero-order valence-electron chi connectivity index (χ0n) is 10.8. The molecular weight excluding hydrogens is 206 g/mol. The third-order valence-electron chi connectivity index (χ3n) is 2.79. The van der Waals surface area contributed by atoms with Crippen molar-refractivity contribution in [3.63, 3.8) is 0 Å². The van der Waals surface area contributed by atoms with Crippen LogP contribution in [0.4, 0.5) is 0 Å². The van der Waals surface area contributed by atoms with Crippen molar-refractivity contribution in [3.8, 4) is 0 Å². The van der Waals surface area contributed by atoms with Crippen LogP contribution in [0.3, 0.4) is 0 Å². The number of hydrogen-bond acceptors (Lipinski definition) is 3. The first-order valence-electron chi connectivity index (χ1n) is 5.53. The SMILES string of the molecule is CC(C)(C)C(=O)[C@@H]1CSCN1C(C)(C)C. The van der Waals surface area contributed by atoms with Crippen LogP contribution in [0.1, 0.15) is 41.5 Å². The molecular formula is C12H23NOS. The van der Waals surface area contributed by atoms with Crippen molar-refractivity contribution < 1.29 is 4.79 Å². The lowest BCUT2D eigenvalue weighted by atomic mass is 9.85. The highest BCUT2D eigenvalue weighted by atomic mass is 32.2. The Morgan fingerprint density at radius 1 is 1.20 bits per heavy atom. The molecule has 3 heteroatoms. The van der Waals surface area contributed by atoms with Crippen molar-refractivity contribution >= 4 is 17.5 Å². The summed E-state index contributed by atoms with van der Waals surface area (Å²) in [6.45, 7) is 12.6. The van der Waals surface area contributed by atoms with Crippen LogP contribution >= 0.6 is 11.8 Å². The minimum Gasteiger partial charge on any atom is -0.297 e. The molecule has 1 rings (SSSR count). The second kappa shape index (κ2) is 4.10. The molecule has 88 valence electrons. The van der Waals surface area contributed by atoms with Crippen LogP contribution in [0.2, 0.25) is 0 Å². The van der Waals surface area contributed by atoms with Gasteiger partial charge in [0.2, 0.25) is 0 Å². The molecule has 0 aromatic rings. The summed E-state index contributed by atoms with van der Waals surface area (Å²) >= 11 is 1.87. The molecule has 1 fully saturated rings. The maximum Gasteiger partial charge on any atom is 0.156 e. The molecule has 0 aliphatic carbocycles. The van der Waals surface area contributed by atoms with E-state index < -0.39 is 0 Å². The summed E-state index contributed by atoms with van der Waals surface area (Å²) in [5, 5.41) is 0. The van der Waals surface area contributed by atoms with Gasteiger partial charge < -0.3 is 0 Å². The first kappa shape index (κ1) is 13.0. The highest BCUT2D eigenvalue weighted by molar-refractivity contribution is 7.99. The fourth-order valence-electron chi connectivity index (χ4n) is 1.82. The van der Waals surface area contributed by atoms with Gasteiger partial charge in [-0.3, -0.25) is 9.69 Å². The smallest absolute Gasteiger partial charge is 0.156 e. The zero-order chi connectivity index (χ0) is 11.9. The topological polar surface area (TPSA) is 20.3 Å². The highest BCUT2D eigenvalue weighted by Crippen LogP contribution is 2.32. The molecule has 0 bridgehead atoms. The summed E-state index contributed by atoms with van der Waals surface area (Å²) in [5.74, 6) is 2.31. The monoisotopic (exact) mass is 229 g/mol. The van der Waals surface area contributed by atoms with Gasteiger partial charge in [0, 0.05) is 22.6 Å². The predicted molar refractivity (Wildman–Crippen MR) is 67.2 cm³/mol. The largest absolute Gasteiger partial charge is 0.297 e. The van der Waals surface area contributed by atoms with E-state index in [9.17, 15) is 4.79 Å². The minimum absolute atomic E-state index is 0.0923. The van der Waals surface area contributed by atoms with Crippen molar-refractivity contribution in [2.45, 2.75) is 53.1 Å². The molecule has 1 atom stereocenters. The number of ketones is 1. The van der Waals surface area contributed by atoms with Gasteiger partial charge in [-0.15, -0.1) is 11.8 Å². The van der Waals surface area contributed by atoms with Crippen molar-refractivity contribution in [3.05, 3.63) is 0 Å². The third-order valence-corrected chi connectivity index (χ3v) is 3.80. The van der Waals surface area contributed by atoms with Gasteiger partial charge in [0.15, 0.2) is 5.78 Å². The summed E-state index contributed by atoms with van der Waals surface area (Å²) < 4.78 is 0. The number of rotatable bonds is 1. The third kappa shape index (κ3) is 2.97. The summed E-state index contributed by atoms with van der Waals surface area (Å²) in [6.07, 6.45) is 0. The van der Waals surface area contributed by atoms with Gasteiger partial charge in [-0.2, -0.15) is 0 Å². The molecule has 0 aromatic heterocycles. The number of thioether (sulfide) groups is 1. The van der Waals surface area contributed by atoms with Crippen LogP contribution < -0.4 is 0 Å². The molecule has 2 nitrogen and oxygen atoms in total. The first-order valence-corrected chi connectivity index (χ1v) is 6.68. The molecule has 0 radical (unpaired) electrons. The fraction of sp³-hybridized carbons (Fsp3) is 0.917. The van der Waals surface area contributed by atoms with Gasteiger partial charge in [0.1, 0.15) is 0 Å². The lowest BCUT2D eigenvalue weighted by Gasteiger charge is -2.37. The predicted octanol–water partition coefficient (Wildman–Crippen LogP) is 2.78. The van der Waals surface area contributed by atoms with E-state index in [4.69, 9.17) is 0 Å². The Bertz CT molecular complexity index is 249. The quantitative estimate of drug-likeness (QED) is 0.689. The normalized spacial score (nSPS) is 24.5. The minimum atomic E-state index is -0.223. The zero-order valence-corrected chi connectivity index (χ0v) is 11.6. The van der Waals surface area contributed by atoms with Crippen molar-refractivity contribution in [1.29, 1.82) is 0 Å². The van der Waals surface area contributed by atoms with E-state index in [0.29, 0.717) is 5.78 Å². The van der Waals surface area contributed by atoms with Gasteiger partial charge in [-0.05, 0) is 20.8 Å². The van der Waals surface area contributed by atoms with Crippen LogP contribution in [0.5, 0.6) is 0 Å². The summed E-state index contributed by atoms with van der Waals surface area (Å²) in [7, 11) is 0. The molecule has 1 aliphatic heterocycles. The molecule has 0 aromatic carbocycles. The van der Waals surface area contributed by atoms with E-state index in [1.165, 1.54) is 0 Å². The lowest BCUT2D eigenvalue weighted by Crippen LogP contribution is -2.51. The van der Waals surface area contributed by atoms with Crippen molar-refractivity contribution in [2.24, 2.45) is 5.41 Å². The van der Waals surface area contributed by atoms with Gasteiger partial charge in [-0.1, -0.05) is 20.8 Å². The van der Waals surface area contributed by atoms with Crippen LogP contribution in [0.15, 0.2) is 0 Å². The van der Waals surface area contributed by atoms with E-state index in [1.807, 2.05) is 32.5 Å². The van der Waals surface area contributed by atoms with Crippen LogP contribution in [-0.4, -0.2) is 33.9 Å². The molecule has 0 unspecified atom stereocenters. The van der Waals surface area contributed by atoms with Gasteiger partial charge in [0.25, 0.3) is 0 Å². The van der Waals surface area contributed by atoms with E-state index in [1.54, 1.807) is 0 Å². The average molecular weight is 229 g/mol. The molecule has 15 heavy (non-hydrogen) atoms. The Labute approximate surface area is 97.8 Å². The molecule has 0 amide bonds. The molecule has 1 saturated heterocycles. The highest BCUT2D eigenvalue weighted by Gasteiger charge is 2.41. The van der Waals surface area contributed by atoms with E-state index in [-0.39, 0.29) is 17.0 Å². The number of carbonyl (C=O) groups excluding carboxylic acids is 1. The van der Waals surface area contributed by atoms with Crippen LogP contribution in [0, 0.1) is 5.41 Å². The Balaban J connectivity index is 2.82. The second-order valence-electron chi connectivity index (χ2n) is 6.27. The fourth-order valence-corrected chi connectivity index (χ4v) is 3.24. The molecule has 0 spiro atoms. The standard InChI is InChI=1S/C12H23NOS/c1-11(2,3)10(14)9-7-15-8-13(9)12(4,5)6/h9H,7-8H2,1-6H3/t9-/m0/s1.